The predicted octanol–water partition coefficient (Wildman–Crippen LogP) is 4.34. The number of nitro benzene ring substituents is 1. The molecule has 0 saturated heterocycles. The van der Waals surface area contributed by atoms with Gasteiger partial charge in [-0.15, -0.1) is 0 Å². The van der Waals surface area contributed by atoms with Crippen LogP contribution in [0.3, 0.4) is 0 Å². The van der Waals surface area contributed by atoms with Crippen LogP contribution >= 0.6 is 0 Å². The van der Waals surface area contributed by atoms with E-state index in [4.69, 9.17) is 4.74 Å². The molecule has 1 N–H and O–H groups in total. The highest BCUT2D eigenvalue weighted by Crippen LogP contribution is 2.25. The van der Waals surface area contributed by atoms with Gasteiger partial charge in [0, 0.05) is 12.1 Å². The van der Waals surface area contributed by atoms with Gasteiger partial charge < -0.3 is 10.1 Å². The lowest BCUT2D eigenvalue weighted by Gasteiger charge is -2.05. The van der Waals surface area contributed by atoms with Gasteiger partial charge in [0.2, 0.25) is 5.91 Å². The van der Waals surface area contributed by atoms with Crippen LogP contribution in [-0.2, 0) is 4.79 Å². The van der Waals surface area contributed by atoms with E-state index in [1.807, 2.05) is 31.2 Å². The Morgan fingerprint density at radius 2 is 1.96 bits per heavy atom. The van der Waals surface area contributed by atoms with Crippen molar-refractivity contribution in [1.29, 1.82) is 0 Å². The highest BCUT2D eigenvalue weighted by atomic mass is 16.6. The third-order valence-corrected chi connectivity index (χ3v) is 3.39. The lowest BCUT2D eigenvalue weighted by molar-refractivity contribution is -0.384. The molecule has 0 bridgehead atoms. The maximum Gasteiger partial charge on any atom is 0.293 e. The van der Waals surface area contributed by atoms with Crippen LogP contribution in [-0.4, -0.2) is 17.4 Å². The minimum Gasteiger partial charge on any atom is -0.494 e. The molecule has 0 saturated carbocycles. The fourth-order valence-corrected chi connectivity index (χ4v) is 2.14. The van der Waals surface area contributed by atoms with Gasteiger partial charge in [0.05, 0.1) is 11.5 Å². The fraction of sp³-hybridized carbons (Fsp3) is 0.211. The number of aryl methyl sites for hydroxylation is 1. The number of ether oxygens (including phenoxy) is 1. The van der Waals surface area contributed by atoms with E-state index in [1.165, 1.54) is 18.2 Å². The first-order valence-electron chi connectivity index (χ1n) is 7.96. The Kier molecular flexibility index (Phi) is 6.28. The zero-order chi connectivity index (χ0) is 18.2. The van der Waals surface area contributed by atoms with Crippen LogP contribution in [0.15, 0.2) is 48.5 Å². The minimum absolute atomic E-state index is 0.126. The molecule has 0 aliphatic heterocycles. The second-order valence-corrected chi connectivity index (χ2v) is 5.52. The molecular weight excluding hydrogens is 320 g/mol. The van der Waals surface area contributed by atoms with Gasteiger partial charge in [0.15, 0.2) is 0 Å². The topological polar surface area (TPSA) is 81.5 Å². The maximum atomic E-state index is 12.0. The molecule has 6 nitrogen and oxygen atoms in total. The van der Waals surface area contributed by atoms with Crippen LogP contribution in [0.25, 0.3) is 6.08 Å². The summed E-state index contributed by atoms with van der Waals surface area (Å²) in [6.07, 6.45) is 3.91. The Bertz CT molecular complexity index is 783. The van der Waals surface area contributed by atoms with Crippen molar-refractivity contribution in [3.05, 3.63) is 69.8 Å². The molecule has 2 aromatic carbocycles. The van der Waals surface area contributed by atoms with Gasteiger partial charge in [-0.3, -0.25) is 14.9 Å². The van der Waals surface area contributed by atoms with Gasteiger partial charge in [-0.05, 0) is 48.7 Å². The number of carbonyl (C=O) groups excluding carboxylic acids is 1. The van der Waals surface area contributed by atoms with Crippen LogP contribution < -0.4 is 10.1 Å². The van der Waals surface area contributed by atoms with E-state index in [0.717, 1.165) is 23.3 Å². The number of nitro groups is 1. The third kappa shape index (κ3) is 5.46. The predicted molar refractivity (Wildman–Crippen MR) is 97.7 cm³/mol. The summed E-state index contributed by atoms with van der Waals surface area (Å²) in [7, 11) is 0. The van der Waals surface area contributed by atoms with Crippen LogP contribution in [0, 0.1) is 17.0 Å². The lowest BCUT2D eigenvalue weighted by atomic mass is 10.2. The normalized spacial score (nSPS) is 10.6. The van der Waals surface area contributed by atoms with Crippen LogP contribution in [0.1, 0.15) is 24.5 Å². The smallest absolute Gasteiger partial charge is 0.293 e. The van der Waals surface area contributed by atoms with E-state index in [2.05, 4.69) is 5.32 Å². The standard InChI is InChI=1S/C19H20N2O4/c1-3-12-25-16-8-5-15(6-9-16)7-11-19(22)20-17-10-4-14(2)13-18(17)21(23)24/h4-11,13H,3,12H2,1-2H3,(H,20,22)/b11-7+. The van der Waals surface area contributed by atoms with Crippen molar-refractivity contribution in [3.63, 3.8) is 0 Å². The number of benzene rings is 2. The Hall–Kier alpha value is -3.15. The van der Waals surface area contributed by atoms with Gasteiger partial charge in [0.25, 0.3) is 5.69 Å². The SMILES string of the molecule is CCCOc1ccc(/C=C/C(=O)Nc2ccc(C)cc2[N+](=O)[O-])cc1. The molecule has 6 heteroatoms. The molecule has 0 aliphatic carbocycles. The number of nitrogens with zero attached hydrogens (tertiary/aromatic N) is 1. The molecule has 0 fully saturated rings. The lowest BCUT2D eigenvalue weighted by Crippen LogP contribution is -2.09. The van der Waals surface area contributed by atoms with Crippen molar-refractivity contribution in [2.24, 2.45) is 0 Å². The van der Waals surface area contributed by atoms with E-state index < -0.39 is 10.8 Å². The van der Waals surface area contributed by atoms with Gasteiger partial charge in [0.1, 0.15) is 11.4 Å². The number of amides is 1. The molecule has 0 spiro atoms. The molecular formula is C19H20N2O4. The number of hydrogen-bond acceptors (Lipinski definition) is 4. The Balaban J connectivity index is 2.02. The molecule has 0 radical (unpaired) electrons. The van der Waals surface area contributed by atoms with Gasteiger partial charge in [-0.1, -0.05) is 25.1 Å². The number of hydrogen-bond donors (Lipinski definition) is 1. The van der Waals surface area contributed by atoms with Crippen LogP contribution in [0.2, 0.25) is 0 Å². The van der Waals surface area contributed by atoms with Gasteiger partial charge in [-0.2, -0.15) is 0 Å². The largest absolute Gasteiger partial charge is 0.494 e. The van der Waals surface area contributed by atoms with Crippen molar-refractivity contribution in [3.8, 4) is 5.75 Å². The Morgan fingerprint density at radius 1 is 1.24 bits per heavy atom. The van der Waals surface area contributed by atoms with Crippen molar-refractivity contribution in [2.45, 2.75) is 20.3 Å². The molecule has 2 aromatic rings. The summed E-state index contributed by atoms with van der Waals surface area (Å²) in [5, 5.41) is 13.6. The molecule has 0 aliphatic rings. The Morgan fingerprint density at radius 3 is 2.60 bits per heavy atom. The molecule has 0 unspecified atom stereocenters. The number of nitrogens with one attached hydrogen (secondary N) is 1. The van der Waals surface area contributed by atoms with Crippen LogP contribution in [0.5, 0.6) is 5.75 Å². The van der Waals surface area contributed by atoms with Crippen molar-refractivity contribution in [1.82, 2.24) is 0 Å². The van der Waals surface area contributed by atoms with Crippen LogP contribution in [0.4, 0.5) is 11.4 Å². The minimum atomic E-state index is -0.513. The number of carbonyl (C=O) groups is 1. The zero-order valence-electron chi connectivity index (χ0n) is 14.2. The Labute approximate surface area is 146 Å². The maximum absolute atomic E-state index is 12.0. The quantitative estimate of drug-likeness (QED) is 0.462. The summed E-state index contributed by atoms with van der Waals surface area (Å²) < 4.78 is 5.49. The van der Waals surface area contributed by atoms with Crippen molar-refractivity contribution in [2.75, 3.05) is 11.9 Å². The average Bonchev–Trinajstić information content (AvgIpc) is 2.60. The van der Waals surface area contributed by atoms with E-state index in [0.29, 0.717) is 6.61 Å². The molecule has 1 amide bonds. The second kappa shape index (κ2) is 8.63. The summed E-state index contributed by atoms with van der Waals surface area (Å²) in [6, 6.07) is 12.0. The monoisotopic (exact) mass is 340 g/mol. The van der Waals surface area contributed by atoms with Gasteiger partial charge >= 0.3 is 0 Å². The first-order chi connectivity index (χ1) is 12.0. The molecule has 0 aromatic heterocycles. The summed E-state index contributed by atoms with van der Waals surface area (Å²) in [4.78, 5) is 22.6. The van der Waals surface area contributed by atoms with E-state index in [-0.39, 0.29) is 11.4 Å². The van der Waals surface area contributed by atoms with E-state index in [1.54, 1.807) is 19.1 Å². The summed E-state index contributed by atoms with van der Waals surface area (Å²) >= 11 is 0. The molecule has 2 rings (SSSR count). The molecule has 0 heterocycles. The van der Waals surface area contributed by atoms with Crippen molar-refractivity contribution >= 4 is 23.4 Å². The van der Waals surface area contributed by atoms with E-state index in [9.17, 15) is 14.9 Å². The first kappa shape index (κ1) is 18.2. The molecule has 130 valence electrons. The fourth-order valence-electron chi connectivity index (χ4n) is 2.14. The number of rotatable bonds is 7. The van der Waals surface area contributed by atoms with Crippen molar-refractivity contribution < 1.29 is 14.5 Å². The summed E-state index contributed by atoms with van der Waals surface area (Å²) in [5.41, 5.74) is 1.63. The summed E-state index contributed by atoms with van der Waals surface area (Å²) in [5.74, 6) is 0.344. The second-order valence-electron chi connectivity index (χ2n) is 5.52. The molecule has 25 heavy (non-hydrogen) atoms. The van der Waals surface area contributed by atoms with Gasteiger partial charge in [-0.25, -0.2) is 0 Å². The first-order valence-corrected chi connectivity index (χ1v) is 7.96. The average molecular weight is 340 g/mol. The van der Waals surface area contributed by atoms with E-state index >= 15 is 0 Å². The summed E-state index contributed by atoms with van der Waals surface area (Å²) in [6.45, 7) is 4.45. The third-order valence-electron chi connectivity index (χ3n) is 3.39. The molecule has 0 atom stereocenters. The number of anilines is 1. The zero-order valence-corrected chi connectivity index (χ0v) is 14.2. The highest BCUT2D eigenvalue weighted by molar-refractivity contribution is 6.03. The highest BCUT2D eigenvalue weighted by Gasteiger charge is 2.14.